The Bertz CT molecular complexity index is 1050. The first-order valence-electron chi connectivity index (χ1n) is 8.90. The lowest BCUT2D eigenvalue weighted by Crippen LogP contribution is -2.25. The molecule has 0 bridgehead atoms. The first-order valence-corrected chi connectivity index (χ1v) is 8.90. The molecule has 8 heteroatoms. The summed E-state index contributed by atoms with van der Waals surface area (Å²) in [7, 11) is 0. The second-order valence-corrected chi connectivity index (χ2v) is 6.45. The quantitative estimate of drug-likeness (QED) is 0.358. The molecule has 0 unspecified atom stereocenters. The molecule has 1 amide bonds. The van der Waals surface area contributed by atoms with Crippen molar-refractivity contribution < 1.29 is 14.1 Å². The van der Waals surface area contributed by atoms with Gasteiger partial charge in [-0.3, -0.25) is 14.9 Å². The number of hydrogen-bond donors (Lipinski definition) is 2. The molecule has 0 saturated carbocycles. The molecule has 0 atom stereocenters. The summed E-state index contributed by atoms with van der Waals surface area (Å²) in [6, 6.07) is 15.4. The van der Waals surface area contributed by atoms with Crippen LogP contribution in [0.15, 0.2) is 64.1 Å². The van der Waals surface area contributed by atoms with Crippen LogP contribution >= 0.6 is 0 Å². The number of nitrogens with one attached hydrogen (secondary N) is 2. The molecule has 0 radical (unpaired) electrons. The van der Waals surface area contributed by atoms with Gasteiger partial charge in [-0.2, -0.15) is 5.10 Å². The molecule has 1 aromatic heterocycles. The van der Waals surface area contributed by atoms with Crippen LogP contribution in [0.5, 0.6) is 0 Å². The van der Waals surface area contributed by atoms with Crippen molar-refractivity contribution in [1.82, 2.24) is 5.43 Å². The summed E-state index contributed by atoms with van der Waals surface area (Å²) in [5.74, 6) is 0.700. The molecular formula is C21H20N4O4. The van der Waals surface area contributed by atoms with Gasteiger partial charge >= 0.3 is 0 Å². The third kappa shape index (κ3) is 5.29. The predicted octanol–water partition coefficient (Wildman–Crippen LogP) is 4.03. The highest BCUT2D eigenvalue weighted by molar-refractivity contribution is 5.83. The van der Waals surface area contributed by atoms with E-state index in [-0.39, 0.29) is 18.1 Å². The average Bonchev–Trinajstić information content (AvgIpc) is 3.18. The largest absolute Gasteiger partial charge is 0.455 e. The average molecular weight is 392 g/mol. The number of non-ortho nitro benzene ring substituents is 1. The summed E-state index contributed by atoms with van der Waals surface area (Å²) in [6.07, 6.45) is 1.39. The lowest BCUT2D eigenvalue weighted by molar-refractivity contribution is -0.384. The number of anilines is 1. The second-order valence-electron chi connectivity index (χ2n) is 6.45. The molecule has 0 aliphatic heterocycles. The van der Waals surface area contributed by atoms with Gasteiger partial charge in [0.1, 0.15) is 11.5 Å². The van der Waals surface area contributed by atoms with Gasteiger partial charge in [0.05, 0.1) is 17.7 Å². The van der Waals surface area contributed by atoms with Crippen molar-refractivity contribution >= 4 is 23.5 Å². The highest BCUT2D eigenvalue weighted by Gasteiger charge is 2.08. The summed E-state index contributed by atoms with van der Waals surface area (Å²) in [5, 5.41) is 17.6. The number of nitro benzene ring substituents is 1. The summed E-state index contributed by atoms with van der Waals surface area (Å²) in [4.78, 5) is 22.1. The number of furan rings is 1. The minimum atomic E-state index is -0.457. The first-order chi connectivity index (χ1) is 13.9. The van der Waals surface area contributed by atoms with Gasteiger partial charge in [-0.15, -0.1) is 0 Å². The molecule has 0 aliphatic rings. The molecule has 2 N–H and O–H groups in total. The van der Waals surface area contributed by atoms with Gasteiger partial charge < -0.3 is 9.73 Å². The molecule has 29 heavy (non-hydrogen) atoms. The van der Waals surface area contributed by atoms with Crippen LogP contribution in [0, 0.1) is 24.0 Å². The maximum atomic E-state index is 11.9. The van der Waals surface area contributed by atoms with Crippen LogP contribution in [0.4, 0.5) is 11.4 Å². The highest BCUT2D eigenvalue weighted by atomic mass is 16.6. The first kappa shape index (κ1) is 19.8. The summed E-state index contributed by atoms with van der Waals surface area (Å²) >= 11 is 0. The maximum absolute atomic E-state index is 11.9. The van der Waals surface area contributed by atoms with Crippen molar-refractivity contribution in [2.75, 3.05) is 11.9 Å². The third-order valence-electron chi connectivity index (χ3n) is 4.33. The van der Waals surface area contributed by atoms with Crippen LogP contribution in [-0.2, 0) is 4.79 Å². The Morgan fingerprint density at radius 1 is 1.10 bits per heavy atom. The van der Waals surface area contributed by atoms with Gasteiger partial charge in [-0.25, -0.2) is 5.43 Å². The van der Waals surface area contributed by atoms with E-state index in [2.05, 4.69) is 15.8 Å². The normalized spacial score (nSPS) is 10.8. The maximum Gasteiger partial charge on any atom is 0.269 e. The van der Waals surface area contributed by atoms with Crippen molar-refractivity contribution in [3.05, 3.63) is 81.6 Å². The zero-order chi connectivity index (χ0) is 20.8. The van der Waals surface area contributed by atoms with E-state index in [1.165, 1.54) is 23.9 Å². The van der Waals surface area contributed by atoms with E-state index < -0.39 is 4.92 Å². The van der Waals surface area contributed by atoms with Crippen LogP contribution < -0.4 is 10.7 Å². The smallest absolute Gasteiger partial charge is 0.269 e. The van der Waals surface area contributed by atoms with Crippen molar-refractivity contribution in [1.29, 1.82) is 0 Å². The van der Waals surface area contributed by atoms with E-state index in [0.29, 0.717) is 17.1 Å². The number of rotatable bonds is 7. The lowest BCUT2D eigenvalue weighted by atomic mass is 10.1. The van der Waals surface area contributed by atoms with Crippen LogP contribution in [0.2, 0.25) is 0 Å². The van der Waals surface area contributed by atoms with Gasteiger partial charge in [0.25, 0.3) is 11.6 Å². The van der Waals surface area contributed by atoms with E-state index in [9.17, 15) is 14.9 Å². The minimum absolute atomic E-state index is 0.0132. The zero-order valence-electron chi connectivity index (χ0n) is 16.0. The second kappa shape index (κ2) is 8.83. The standard InChI is InChI=1S/C21H20N4O4/c1-14-3-6-17(11-15(14)2)22-13-21(26)24-23-12-19-9-10-20(29-19)16-4-7-18(8-5-16)25(27)28/h3-12,22H,13H2,1-2H3,(H,24,26). The molecular weight excluding hydrogens is 372 g/mol. The molecule has 0 aliphatic carbocycles. The molecule has 8 nitrogen and oxygen atoms in total. The van der Waals surface area contributed by atoms with Crippen molar-refractivity contribution in [2.24, 2.45) is 5.10 Å². The monoisotopic (exact) mass is 392 g/mol. The Kier molecular flexibility index (Phi) is 6.03. The Morgan fingerprint density at radius 3 is 2.55 bits per heavy atom. The number of nitrogens with zero attached hydrogens (tertiary/aromatic N) is 2. The fraction of sp³-hybridized carbons (Fsp3) is 0.143. The highest BCUT2D eigenvalue weighted by Crippen LogP contribution is 2.24. The Morgan fingerprint density at radius 2 is 1.86 bits per heavy atom. The van der Waals surface area contributed by atoms with E-state index in [1.807, 2.05) is 32.0 Å². The van der Waals surface area contributed by atoms with Crippen LogP contribution in [-0.4, -0.2) is 23.6 Å². The van der Waals surface area contributed by atoms with E-state index in [4.69, 9.17) is 4.42 Å². The van der Waals surface area contributed by atoms with Crippen LogP contribution in [0.3, 0.4) is 0 Å². The molecule has 3 rings (SSSR count). The molecule has 0 saturated heterocycles. The minimum Gasteiger partial charge on any atom is -0.455 e. The SMILES string of the molecule is Cc1ccc(NCC(=O)NN=Cc2ccc(-c3ccc([N+](=O)[O-])cc3)o2)cc1C. The molecule has 2 aromatic carbocycles. The number of hydrazone groups is 1. The van der Waals surface area contributed by atoms with Gasteiger partial charge in [0, 0.05) is 23.4 Å². The van der Waals surface area contributed by atoms with Gasteiger partial charge in [-0.1, -0.05) is 6.07 Å². The number of benzene rings is 2. The van der Waals surface area contributed by atoms with E-state index in [0.717, 1.165) is 11.3 Å². The van der Waals surface area contributed by atoms with Gasteiger partial charge in [0.15, 0.2) is 0 Å². The van der Waals surface area contributed by atoms with Crippen molar-refractivity contribution in [2.45, 2.75) is 13.8 Å². The summed E-state index contributed by atoms with van der Waals surface area (Å²) < 4.78 is 5.62. The molecule has 0 spiro atoms. The van der Waals surface area contributed by atoms with E-state index in [1.54, 1.807) is 24.3 Å². The number of nitro groups is 1. The van der Waals surface area contributed by atoms with E-state index >= 15 is 0 Å². The Hall–Kier alpha value is -3.94. The fourth-order valence-electron chi connectivity index (χ4n) is 2.57. The van der Waals surface area contributed by atoms with Crippen LogP contribution in [0.25, 0.3) is 11.3 Å². The predicted molar refractivity (Wildman–Crippen MR) is 111 cm³/mol. The van der Waals surface area contributed by atoms with Gasteiger partial charge in [-0.05, 0) is 61.4 Å². The third-order valence-corrected chi connectivity index (χ3v) is 4.33. The molecule has 148 valence electrons. The number of aryl methyl sites for hydroxylation is 2. The number of carbonyl (C=O) groups excluding carboxylic acids is 1. The Labute approximate surface area is 167 Å². The summed E-state index contributed by atoms with van der Waals surface area (Å²) in [6.45, 7) is 4.13. The van der Waals surface area contributed by atoms with Crippen molar-refractivity contribution in [3.8, 4) is 11.3 Å². The van der Waals surface area contributed by atoms with Crippen molar-refractivity contribution in [3.63, 3.8) is 0 Å². The lowest BCUT2D eigenvalue weighted by Gasteiger charge is -2.07. The number of carbonyl (C=O) groups is 1. The van der Waals surface area contributed by atoms with Crippen LogP contribution in [0.1, 0.15) is 16.9 Å². The summed E-state index contributed by atoms with van der Waals surface area (Å²) in [5.41, 5.74) is 6.35. The molecule has 0 fully saturated rings. The fourth-order valence-corrected chi connectivity index (χ4v) is 2.57. The number of hydrogen-bond acceptors (Lipinski definition) is 6. The Balaban J connectivity index is 1.52. The zero-order valence-corrected chi connectivity index (χ0v) is 16.0. The topological polar surface area (TPSA) is 110 Å². The molecule has 3 aromatic rings. The molecule has 1 heterocycles. The van der Waals surface area contributed by atoms with Gasteiger partial charge in [0.2, 0.25) is 0 Å². The number of amides is 1.